The van der Waals surface area contributed by atoms with Gasteiger partial charge in [-0.15, -0.1) is 0 Å². The van der Waals surface area contributed by atoms with E-state index in [0.717, 1.165) is 32.8 Å². The van der Waals surface area contributed by atoms with Crippen LogP contribution in [0.3, 0.4) is 0 Å². The highest BCUT2D eigenvalue weighted by atomic mass is 16.5. The molecule has 1 aromatic rings. The molecule has 1 aromatic carbocycles. The summed E-state index contributed by atoms with van der Waals surface area (Å²) in [6.07, 6.45) is 0.495. The summed E-state index contributed by atoms with van der Waals surface area (Å²) in [5.74, 6) is 0.0959. The minimum Gasteiger partial charge on any atom is -0.379 e. The van der Waals surface area contributed by atoms with E-state index in [0.29, 0.717) is 17.5 Å². The first-order valence-electron chi connectivity index (χ1n) is 6.13. The Morgan fingerprint density at radius 1 is 1.39 bits per heavy atom. The molecule has 4 nitrogen and oxygen atoms in total. The molecule has 1 aliphatic rings. The number of hydrogen-bond acceptors (Lipinski definition) is 4. The molecule has 18 heavy (non-hydrogen) atoms. The molecule has 1 heterocycles. The summed E-state index contributed by atoms with van der Waals surface area (Å²) in [6, 6.07) is 8.93. The van der Waals surface area contributed by atoms with Gasteiger partial charge < -0.3 is 4.74 Å². The van der Waals surface area contributed by atoms with Crippen molar-refractivity contribution in [2.75, 3.05) is 32.8 Å². The van der Waals surface area contributed by atoms with E-state index in [9.17, 15) is 4.79 Å². The van der Waals surface area contributed by atoms with Crippen molar-refractivity contribution < 1.29 is 9.53 Å². The number of nitrogens with zero attached hydrogens (tertiary/aromatic N) is 2. The van der Waals surface area contributed by atoms with E-state index in [1.54, 1.807) is 24.3 Å². The van der Waals surface area contributed by atoms with E-state index in [-0.39, 0.29) is 5.78 Å². The van der Waals surface area contributed by atoms with Gasteiger partial charge in [0.05, 0.1) is 24.8 Å². The minimum absolute atomic E-state index is 0.0959. The lowest BCUT2D eigenvalue weighted by Gasteiger charge is -2.26. The number of hydrogen-bond donors (Lipinski definition) is 0. The summed E-state index contributed by atoms with van der Waals surface area (Å²) in [4.78, 5) is 14.2. The summed E-state index contributed by atoms with van der Waals surface area (Å²) in [5, 5.41) is 8.79. The summed E-state index contributed by atoms with van der Waals surface area (Å²) in [5.41, 5.74) is 1.16. The topological polar surface area (TPSA) is 53.3 Å². The Kier molecular flexibility index (Phi) is 4.46. The molecule has 0 bridgehead atoms. The van der Waals surface area contributed by atoms with Gasteiger partial charge in [0, 0.05) is 31.6 Å². The van der Waals surface area contributed by atoms with Gasteiger partial charge in [-0.1, -0.05) is 12.1 Å². The van der Waals surface area contributed by atoms with Crippen LogP contribution in [-0.4, -0.2) is 43.5 Å². The fourth-order valence-electron chi connectivity index (χ4n) is 1.99. The highest BCUT2D eigenvalue weighted by Gasteiger charge is 2.13. The Balaban J connectivity index is 1.89. The predicted molar refractivity (Wildman–Crippen MR) is 67.4 cm³/mol. The summed E-state index contributed by atoms with van der Waals surface area (Å²) < 4.78 is 5.26. The molecule has 0 saturated carbocycles. The third-order valence-electron chi connectivity index (χ3n) is 3.07. The fourth-order valence-corrected chi connectivity index (χ4v) is 1.99. The zero-order chi connectivity index (χ0) is 12.8. The lowest BCUT2D eigenvalue weighted by Crippen LogP contribution is -2.37. The van der Waals surface area contributed by atoms with E-state index in [4.69, 9.17) is 10.00 Å². The highest BCUT2D eigenvalue weighted by Crippen LogP contribution is 2.08. The van der Waals surface area contributed by atoms with Gasteiger partial charge in [0.1, 0.15) is 0 Å². The van der Waals surface area contributed by atoms with Crippen LogP contribution in [0.2, 0.25) is 0 Å². The first-order chi connectivity index (χ1) is 8.79. The van der Waals surface area contributed by atoms with Crippen molar-refractivity contribution in [2.24, 2.45) is 0 Å². The quantitative estimate of drug-likeness (QED) is 0.752. The monoisotopic (exact) mass is 244 g/mol. The molecule has 1 fully saturated rings. The number of morpholine rings is 1. The number of Topliss-reactive ketones (excluding diaryl/α,β-unsaturated/α-hetero) is 1. The molecule has 1 saturated heterocycles. The first kappa shape index (κ1) is 12.7. The van der Waals surface area contributed by atoms with Gasteiger partial charge in [-0.3, -0.25) is 9.69 Å². The Hall–Kier alpha value is -1.70. The third kappa shape index (κ3) is 3.39. The molecule has 2 rings (SSSR count). The van der Waals surface area contributed by atoms with Crippen molar-refractivity contribution in [3.05, 3.63) is 35.4 Å². The maximum absolute atomic E-state index is 12.0. The van der Waals surface area contributed by atoms with E-state index < -0.39 is 0 Å². The molecule has 0 N–H and O–H groups in total. The Morgan fingerprint density at radius 2 is 2.17 bits per heavy atom. The number of benzene rings is 1. The average molecular weight is 244 g/mol. The number of carbonyl (C=O) groups is 1. The van der Waals surface area contributed by atoms with E-state index in [2.05, 4.69) is 4.90 Å². The van der Waals surface area contributed by atoms with E-state index in [1.807, 2.05) is 6.07 Å². The number of carbonyl (C=O) groups excluding carboxylic acids is 1. The third-order valence-corrected chi connectivity index (χ3v) is 3.07. The Morgan fingerprint density at radius 3 is 2.89 bits per heavy atom. The molecule has 0 aliphatic carbocycles. The van der Waals surface area contributed by atoms with Crippen LogP contribution in [0.15, 0.2) is 24.3 Å². The second-order valence-electron chi connectivity index (χ2n) is 4.32. The lowest BCUT2D eigenvalue weighted by atomic mass is 10.1. The molecule has 94 valence electrons. The predicted octanol–water partition coefficient (Wildman–Crippen LogP) is 1.46. The van der Waals surface area contributed by atoms with Gasteiger partial charge in [-0.25, -0.2) is 0 Å². The Bertz CT molecular complexity index is 459. The first-order valence-corrected chi connectivity index (χ1v) is 6.13. The van der Waals surface area contributed by atoms with Gasteiger partial charge in [0.25, 0.3) is 0 Å². The van der Waals surface area contributed by atoms with Crippen LogP contribution in [0, 0.1) is 11.3 Å². The lowest BCUT2D eigenvalue weighted by molar-refractivity contribution is 0.0370. The van der Waals surface area contributed by atoms with E-state index in [1.165, 1.54) is 0 Å². The summed E-state index contributed by atoms with van der Waals surface area (Å²) in [7, 11) is 0. The van der Waals surface area contributed by atoms with Crippen LogP contribution in [0.1, 0.15) is 22.3 Å². The minimum atomic E-state index is 0.0959. The van der Waals surface area contributed by atoms with Gasteiger partial charge in [0.15, 0.2) is 5.78 Å². The van der Waals surface area contributed by atoms with Crippen molar-refractivity contribution in [3.8, 4) is 6.07 Å². The van der Waals surface area contributed by atoms with Crippen LogP contribution in [0.5, 0.6) is 0 Å². The van der Waals surface area contributed by atoms with Crippen molar-refractivity contribution in [1.82, 2.24) is 4.90 Å². The fraction of sp³-hybridized carbons (Fsp3) is 0.429. The molecule has 0 unspecified atom stereocenters. The van der Waals surface area contributed by atoms with Gasteiger partial charge in [-0.2, -0.15) is 5.26 Å². The highest BCUT2D eigenvalue weighted by molar-refractivity contribution is 5.96. The number of rotatable bonds is 4. The van der Waals surface area contributed by atoms with Crippen LogP contribution in [-0.2, 0) is 4.74 Å². The van der Waals surface area contributed by atoms with Gasteiger partial charge in [-0.05, 0) is 12.1 Å². The normalized spacial score (nSPS) is 16.2. The molecule has 0 amide bonds. The Labute approximate surface area is 107 Å². The molecular formula is C14H16N2O2. The molecule has 0 radical (unpaired) electrons. The van der Waals surface area contributed by atoms with Crippen LogP contribution in [0.4, 0.5) is 0 Å². The largest absolute Gasteiger partial charge is 0.379 e. The van der Waals surface area contributed by atoms with Gasteiger partial charge in [0.2, 0.25) is 0 Å². The van der Waals surface area contributed by atoms with Crippen molar-refractivity contribution >= 4 is 5.78 Å². The summed E-state index contributed by atoms with van der Waals surface area (Å²) in [6.45, 7) is 4.05. The maximum atomic E-state index is 12.0. The van der Waals surface area contributed by atoms with Gasteiger partial charge >= 0.3 is 0 Å². The van der Waals surface area contributed by atoms with Crippen LogP contribution < -0.4 is 0 Å². The molecule has 1 aliphatic heterocycles. The molecular weight excluding hydrogens is 228 g/mol. The average Bonchev–Trinajstić information content (AvgIpc) is 2.46. The molecule has 0 spiro atoms. The zero-order valence-electron chi connectivity index (χ0n) is 10.3. The van der Waals surface area contributed by atoms with Crippen molar-refractivity contribution in [2.45, 2.75) is 6.42 Å². The summed E-state index contributed by atoms with van der Waals surface area (Å²) >= 11 is 0. The SMILES string of the molecule is N#Cc1cccc(C(=O)CCN2CCOCC2)c1. The number of nitriles is 1. The molecule has 4 heteroatoms. The van der Waals surface area contributed by atoms with Crippen LogP contribution in [0.25, 0.3) is 0 Å². The van der Waals surface area contributed by atoms with Crippen LogP contribution >= 0.6 is 0 Å². The smallest absolute Gasteiger partial charge is 0.164 e. The number of ketones is 1. The standard InChI is InChI=1S/C14H16N2O2/c15-11-12-2-1-3-13(10-12)14(17)4-5-16-6-8-18-9-7-16/h1-3,10H,4-9H2. The van der Waals surface area contributed by atoms with Crippen molar-refractivity contribution in [1.29, 1.82) is 5.26 Å². The molecule has 0 atom stereocenters. The van der Waals surface area contributed by atoms with E-state index >= 15 is 0 Å². The second-order valence-corrected chi connectivity index (χ2v) is 4.32. The zero-order valence-corrected chi connectivity index (χ0v) is 10.3. The number of ether oxygens (including phenoxy) is 1. The molecule has 0 aromatic heterocycles. The van der Waals surface area contributed by atoms with Crippen molar-refractivity contribution in [3.63, 3.8) is 0 Å². The second kappa shape index (κ2) is 6.29. The maximum Gasteiger partial charge on any atom is 0.164 e.